The maximum atomic E-state index is 4.92. The number of rotatable bonds is 9. The molecule has 336 valence electrons. The van der Waals surface area contributed by atoms with Gasteiger partial charge in [-0.05, 0) is 130 Å². The minimum absolute atomic E-state index is 0.0674. The molecule has 1 heterocycles. The van der Waals surface area contributed by atoms with E-state index in [4.69, 9.17) is 10.7 Å². The number of nitrogens with zero attached hydrogens (tertiary/aromatic N) is 1. The number of nitrogens with one attached hydrogen (secondary N) is 1. The number of aryl methyl sites for hydroxylation is 1. The van der Waals surface area contributed by atoms with Gasteiger partial charge in [0.05, 0.1) is 5.41 Å². The van der Waals surface area contributed by atoms with Crippen LogP contribution < -0.4 is 11.1 Å². The molecule has 0 amide bonds. The lowest BCUT2D eigenvalue weighted by Crippen LogP contribution is -2.26. The van der Waals surface area contributed by atoms with Crippen molar-refractivity contribution in [3.63, 3.8) is 0 Å². The molecule has 0 saturated carbocycles. The van der Waals surface area contributed by atoms with Gasteiger partial charge in [-0.2, -0.15) is 0 Å². The number of allylic oxidation sites excluding steroid dienone is 5. The van der Waals surface area contributed by atoms with E-state index < -0.39 is 5.54 Å². The minimum Gasteiger partial charge on any atom is -0.319 e. The largest absolute Gasteiger partial charge is 0.319 e. The average Bonchev–Trinajstić information content (AvgIpc) is 4.03. The van der Waals surface area contributed by atoms with Crippen LogP contribution in [0.2, 0.25) is 0 Å². The Balaban J connectivity index is 0.000000234. The summed E-state index contributed by atoms with van der Waals surface area (Å²) >= 11 is 1.93. The number of fused-ring (bicyclic) bond motifs is 12. The summed E-state index contributed by atoms with van der Waals surface area (Å²) in [6.07, 6.45) is 10.5. The monoisotopic (exact) mass is 886 g/mol. The Morgan fingerprint density at radius 3 is 1.91 bits per heavy atom. The zero-order valence-corrected chi connectivity index (χ0v) is 41.4. The predicted molar refractivity (Wildman–Crippen MR) is 290 cm³/mol. The van der Waals surface area contributed by atoms with Gasteiger partial charge in [-0.15, -0.1) is 11.3 Å². The van der Waals surface area contributed by atoms with Gasteiger partial charge in [-0.1, -0.05) is 205 Å². The third kappa shape index (κ3) is 7.69. The van der Waals surface area contributed by atoms with Gasteiger partial charge in [-0.25, -0.2) is 0 Å². The van der Waals surface area contributed by atoms with Crippen LogP contribution in [0.4, 0.5) is 0 Å². The van der Waals surface area contributed by atoms with Crippen LogP contribution in [0, 0.1) is 6.92 Å². The van der Waals surface area contributed by atoms with Crippen molar-refractivity contribution in [3.8, 4) is 22.3 Å². The Bertz CT molecular complexity index is 2960. The van der Waals surface area contributed by atoms with E-state index in [0.717, 1.165) is 24.0 Å². The molecule has 7 aromatic rings. The molecule has 3 nitrogen and oxygen atoms in total. The molecular weight excluding hydrogens is 819 g/mol. The quantitative estimate of drug-likeness (QED) is 0.112. The molecule has 6 aromatic carbocycles. The van der Waals surface area contributed by atoms with E-state index in [9.17, 15) is 0 Å². The van der Waals surface area contributed by atoms with E-state index in [1.54, 1.807) is 7.05 Å². The predicted octanol–water partition coefficient (Wildman–Crippen LogP) is 15.8. The topological polar surface area (TPSA) is 50.4 Å². The molecule has 0 aliphatic heterocycles. The van der Waals surface area contributed by atoms with Crippen LogP contribution in [0.15, 0.2) is 169 Å². The Morgan fingerprint density at radius 2 is 1.32 bits per heavy atom. The van der Waals surface area contributed by atoms with E-state index >= 15 is 0 Å². The van der Waals surface area contributed by atoms with Crippen LogP contribution in [-0.4, -0.2) is 20.4 Å². The SMILES string of the molecule is C=CC1=C(/C=C\C)c2ccc(C)cc2C1(C)C.C=Cc1sc2c(c1CCC)-c1ccc(C(C)(N=C)c3ccc4ccccc4c3)cc1C21c2ccccc2-c2ccccc21.CC.CNCN. The second-order valence-electron chi connectivity index (χ2n) is 17.8. The van der Waals surface area contributed by atoms with E-state index in [0.29, 0.717) is 6.67 Å². The van der Waals surface area contributed by atoms with Crippen LogP contribution in [0.3, 0.4) is 0 Å². The number of nitrogens with two attached hydrogens (primary N) is 1. The van der Waals surface area contributed by atoms with E-state index in [1.807, 2.05) is 31.3 Å². The molecule has 0 radical (unpaired) electrons. The first kappa shape index (κ1) is 47.8. The number of thiophene rings is 1. The number of benzene rings is 6. The molecular formula is C62H67N3S. The van der Waals surface area contributed by atoms with Crippen LogP contribution in [-0.2, 0) is 22.8 Å². The highest BCUT2D eigenvalue weighted by Crippen LogP contribution is 2.66. The fraction of sp³-hybridized carbons (Fsp3) is 0.242. The van der Waals surface area contributed by atoms with Crippen molar-refractivity contribution in [1.29, 1.82) is 0 Å². The molecule has 1 aromatic heterocycles. The smallest absolute Gasteiger partial charge is 0.107 e. The van der Waals surface area contributed by atoms with Gasteiger partial charge < -0.3 is 11.1 Å². The van der Waals surface area contributed by atoms with Gasteiger partial charge in [0.15, 0.2) is 0 Å². The summed E-state index contributed by atoms with van der Waals surface area (Å²) in [4.78, 5) is 7.57. The van der Waals surface area contributed by atoms with Gasteiger partial charge >= 0.3 is 0 Å². The first-order valence-corrected chi connectivity index (χ1v) is 24.4. The summed E-state index contributed by atoms with van der Waals surface area (Å²) in [5.74, 6) is 0. The average molecular weight is 886 g/mol. The normalized spacial score (nSPS) is 14.9. The first-order chi connectivity index (χ1) is 32.0. The molecule has 1 unspecified atom stereocenters. The fourth-order valence-corrected chi connectivity index (χ4v) is 12.0. The van der Waals surface area contributed by atoms with E-state index in [2.05, 4.69) is 212 Å². The maximum Gasteiger partial charge on any atom is 0.107 e. The summed E-state index contributed by atoms with van der Waals surface area (Å²) in [5, 5.41) is 5.16. The van der Waals surface area contributed by atoms with Gasteiger partial charge in [0.2, 0.25) is 0 Å². The zero-order chi connectivity index (χ0) is 47.4. The summed E-state index contributed by atoms with van der Waals surface area (Å²) < 4.78 is 0. The Morgan fingerprint density at radius 1 is 0.727 bits per heavy atom. The summed E-state index contributed by atoms with van der Waals surface area (Å²) in [6, 6.07) is 47.1. The lowest BCUT2D eigenvalue weighted by atomic mass is 9.72. The summed E-state index contributed by atoms with van der Waals surface area (Å²) in [6.45, 7) is 30.2. The lowest BCUT2D eigenvalue weighted by Gasteiger charge is -2.32. The molecule has 4 heteroatoms. The van der Waals surface area contributed by atoms with Gasteiger partial charge in [0.25, 0.3) is 0 Å². The second kappa shape index (κ2) is 19.7. The maximum absolute atomic E-state index is 4.92. The lowest BCUT2D eigenvalue weighted by molar-refractivity contribution is 0.610. The highest BCUT2D eigenvalue weighted by Gasteiger charge is 2.54. The van der Waals surface area contributed by atoms with Crippen LogP contribution in [0.1, 0.15) is 115 Å². The molecule has 1 atom stereocenters. The van der Waals surface area contributed by atoms with Crippen molar-refractivity contribution in [2.75, 3.05) is 13.7 Å². The molecule has 0 bridgehead atoms. The van der Waals surface area contributed by atoms with E-state index in [1.165, 1.54) is 92.9 Å². The third-order valence-corrected chi connectivity index (χ3v) is 15.1. The molecule has 3 aliphatic rings. The fourth-order valence-electron chi connectivity index (χ4n) is 10.6. The molecule has 10 rings (SSSR count). The van der Waals surface area contributed by atoms with Gasteiger partial charge in [0, 0.05) is 27.4 Å². The zero-order valence-electron chi connectivity index (χ0n) is 40.6. The van der Waals surface area contributed by atoms with Crippen LogP contribution >= 0.6 is 11.3 Å². The standard InChI is InChI=1S/C41H33NS.C17H20.C2H8N2.C2H6/c1-5-13-33-37(6-2)43-39-38(33)32-23-22-29(40(3,42-4)28-21-20-26-14-7-8-15-27(26)24-28)25-36(32)41(39)34-18-11-9-16-30(34)31-17-10-12-19-35(31)41;1-6-8-13-14-10-9-12(3)11-16(14)17(4,5)15(13)7-2;1-4-2-3;1-2/h6-12,14-25H,2,4-5,13H2,1,3H3;6-11H,2H2,1,3-5H3;4H,2-3H2,1H3;1-2H3/b;8-6-;;. The van der Waals surface area contributed by atoms with Gasteiger partial charge in [0.1, 0.15) is 5.54 Å². The van der Waals surface area contributed by atoms with Gasteiger partial charge in [-0.3, -0.25) is 4.99 Å². The molecule has 66 heavy (non-hydrogen) atoms. The third-order valence-electron chi connectivity index (χ3n) is 13.7. The number of hydrogen-bond donors (Lipinski definition) is 2. The molecule has 3 aliphatic carbocycles. The second-order valence-corrected chi connectivity index (χ2v) is 18.8. The van der Waals surface area contributed by atoms with E-state index in [-0.39, 0.29) is 10.8 Å². The molecule has 3 N–H and O–H groups in total. The van der Waals surface area contributed by atoms with Crippen molar-refractivity contribution in [3.05, 3.63) is 224 Å². The molecule has 0 saturated heterocycles. The van der Waals surface area contributed by atoms with Crippen molar-refractivity contribution < 1.29 is 0 Å². The Hall–Kier alpha value is -6.17. The number of aliphatic imine (C=N–C) groups is 1. The molecule has 0 fully saturated rings. The Labute approximate surface area is 399 Å². The molecule has 1 spiro atoms. The van der Waals surface area contributed by atoms with Crippen LogP contribution in [0.25, 0.3) is 44.7 Å². The summed E-state index contributed by atoms with van der Waals surface area (Å²) in [7, 11) is 1.81. The van der Waals surface area contributed by atoms with Crippen LogP contribution in [0.5, 0.6) is 0 Å². The minimum atomic E-state index is -0.605. The summed E-state index contributed by atoms with van der Waals surface area (Å²) in [5.41, 5.74) is 24.0. The number of hydrogen-bond acceptors (Lipinski definition) is 4. The van der Waals surface area contributed by atoms with Crippen molar-refractivity contribution in [2.45, 2.75) is 84.6 Å². The van der Waals surface area contributed by atoms with Crippen molar-refractivity contribution >= 4 is 40.5 Å². The first-order valence-electron chi connectivity index (χ1n) is 23.6. The highest BCUT2D eigenvalue weighted by molar-refractivity contribution is 7.14. The van der Waals surface area contributed by atoms with Crippen molar-refractivity contribution in [1.82, 2.24) is 5.32 Å². The van der Waals surface area contributed by atoms with Crippen molar-refractivity contribution in [2.24, 2.45) is 10.7 Å². The Kier molecular flexibility index (Phi) is 14.3. The highest BCUT2D eigenvalue weighted by atomic mass is 32.1.